The summed E-state index contributed by atoms with van der Waals surface area (Å²) in [6.45, 7) is 0. The molecule has 3 nitrogen and oxygen atoms in total. The molecule has 2 bridgehead atoms. The highest BCUT2D eigenvalue weighted by Gasteiger charge is 2.30. The van der Waals surface area contributed by atoms with Crippen LogP contribution in [0.4, 0.5) is 4.79 Å². The van der Waals surface area contributed by atoms with E-state index in [1.165, 1.54) is 6.42 Å². The Labute approximate surface area is 59.7 Å². The Hall–Kier alpha value is -0.730. The standard InChI is InChI=1S/C7H11NO2/c9-7-8-5-2-1-3-6(4-5)10-7/h5-6H,1-4H2,(H,8,9). The first kappa shape index (κ1) is 6.01. The van der Waals surface area contributed by atoms with Crippen LogP contribution in [-0.2, 0) is 4.74 Å². The third-order valence-electron chi connectivity index (χ3n) is 2.22. The van der Waals surface area contributed by atoms with Crippen LogP contribution in [-0.4, -0.2) is 18.2 Å². The van der Waals surface area contributed by atoms with E-state index in [0.29, 0.717) is 6.04 Å². The van der Waals surface area contributed by atoms with E-state index in [4.69, 9.17) is 4.74 Å². The highest BCUT2D eigenvalue weighted by molar-refractivity contribution is 5.68. The lowest BCUT2D eigenvalue weighted by Crippen LogP contribution is -2.47. The molecule has 0 aromatic rings. The predicted octanol–water partition coefficient (Wildman–Crippen LogP) is 1.04. The molecule has 2 aliphatic rings. The Morgan fingerprint density at radius 3 is 3.20 bits per heavy atom. The molecule has 10 heavy (non-hydrogen) atoms. The van der Waals surface area contributed by atoms with E-state index in [1.54, 1.807) is 0 Å². The zero-order chi connectivity index (χ0) is 6.97. The van der Waals surface area contributed by atoms with Crippen LogP contribution in [0.1, 0.15) is 25.7 Å². The maximum Gasteiger partial charge on any atom is 0.407 e. The van der Waals surface area contributed by atoms with Gasteiger partial charge >= 0.3 is 6.09 Å². The summed E-state index contributed by atoms with van der Waals surface area (Å²) in [5.74, 6) is 0. The fourth-order valence-electron chi connectivity index (χ4n) is 1.74. The number of carbonyl (C=O) groups is 1. The molecular weight excluding hydrogens is 130 g/mol. The zero-order valence-corrected chi connectivity index (χ0v) is 5.80. The molecule has 2 rings (SSSR count). The van der Waals surface area contributed by atoms with Gasteiger partial charge in [-0.15, -0.1) is 0 Å². The van der Waals surface area contributed by atoms with E-state index in [-0.39, 0.29) is 12.2 Å². The highest BCUT2D eigenvalue weighted by Crippen LogP contribution is 2.24. The fraction of sp³-hybridized carbons (Fsp3) is 0.857. The lowest BCUT2D eigenvalue weighted by atomic mass is 9.92. The number of hydrogen-bond donors (Lipinski definition) is 1. The minimum absolute atomic E-state index is 0.215. The molecule has 0 spiro atoms. The van der Waals surface area contributed by atoms with E-state index in [1.807, 2.05) is 0 Å². The smallest absolute Gasteiger partial charge is 0.407 e. The summed E-state index contributed by atoms with van der Waals surface area (Å²) < 4.78 is 5.01. The van der Waals surface area contributed by atoms with Crippen LogP contribution in [0.15, 0.2) is 0 Å². The molecule has 0 aromatic carbocycles. The second-order valence-electron chi connectivity index (χ2n) is 3.04. The third kappa shape index (κ3) is 0.958. The van der Waals surface area contributed by atoms with Gasteiger partial charge in [-0.2, -0.15) is 0 Å². The number of carbonyl (C=O) groups excluding carboxylic acids is 1. The summed E-state index contributed by atoms with van der Waals surface area (Å²) in [6.07, 6.45) is 4.39. The van der Waals surface area contributed by atoms with Gasteiger partial charge in [0.25, 0.3) is 0 Å². The van der Waals surface area contributed by atoms with Crippen LogP contribution in [0.25, 0.3) is 0 Å². The van der Waals surface area contributed by atoms with E-state index in [9.17, 15) is 4.79 Å². The first-order chi connectivity index (χ1) is 4.84. The van der Waals surface area contributed by atoms with Crippen LogP contribution >= 0.6 is 0 Å². The summed E-state index contributed by atoms with van der Waals surface area (Å²) in [5.41, 5.74) is 0. The minimum Gasteiger partial charge on any atom is -0.446 e. The molecule has 1 aliphatic heterocycles. The van der Waals surface area contributed by atoms with Gasteiger partial charge in [-0.05, 0) is 19.3 Å². The number of ether oxygens (including phenoxy) is 1. The molecule has 56 valence electrons. The fourth-order valence-corrected chi connectivity index (χ4v) is 1.74. The summed E-state index contributed by atoms with van der Waals surface area (Å²) in [7, 11) is 0. The van der Waals surface area contributed by atoms with Gasteiger partial charge in [-0.3, -0.25) is 0 Å². The normalized spacial score (nSPS) is 38.2. The van der Waals surface area contributed by atoms with Gasteiger partial charge in [-0.25, -0.2) is 4.79 Å². The van der Waals surface area contributed by atoms with Crippen molar-refractivity contribution in [2.24, 2.45) is 0 Å². The maximum atomic E-state index is 10.7. The summed E-state index contributed by atoms with van der Waals surface area (Å²) in [6, 6.07) is 0.403. The van der Waals surface area contributed by atoms with Gasteiger partial charge in [-0.1, -0.05) is 0 Å². The zero-order valence-electron chi connectivity index (χ0n) is 5.80. The summed E-state index contributed by atoms with van der Waals surface area (Å²) in [5, 5.41) is 2.79. The van der Waals surface area contributed by atoms with E-state index in [0.717, 1.165) is 19.3 Å². The van der Waals surface area contributed by atoms with E-state index < -0.39 is 0 Å². The van der Waals surface area contributed by atoms with Gasteiger partial charge in [0.05, 0.1) is 0 Å². The van der Waals surface area contributed by atoms with Crippen molar-refractivity contribution in [3.05, 3.63) is 0 Å². The predicted molar refractivity (Wildman–Crippen MR) is 35.7 cm³/mol. The van der Waals surface area contributed by atoms with Crippen molar-refractivity contribution in [3.63, 3.8) is 0 Å². The van der Waals surface area contributed by atoms with Crippen molar-refractivity contribution in [1.29, 1.82) is 0 Å². The molecule has 1 aliphatic carbocycles. The van der Waals surface area contributed by atoms with Crippen molar-refractivity contribution in [1.82, 2.24) is 5.32 Å². The van der Waals surface area contributed by atoms with Crippen LogP contribution in [0, 0.1) is 0 Å². The van der Waals surface area contributed by atoms with Gasteiger partial charge in [0.2, 0.25) is 0 Å². The van der Waals surface area contributed by atoms with Crippen molar-refractivity contribution < 1.29 is 9.53 Å². The largest absolute Gasteiger partial charge is 0.446 e. The molecule has 2 unspecified atom stereocenters. The number of fused-ring (bicyclic) bond motifs is 2. The van der Waals surface area contributed by atoms with Crippen molar-refractivity contribution >= 4 is 6.09 Å². The summed E-state index contributed by atoms with van der Waals surface area (Å²) in [4.78, 5) is 10.7. The lowest BCUT2D eigenvalue weighted by molar-refractivity contribution is 0.0355. The molecule has 2 atom stereocenters. The monoisotopic (exact) mass is 141 g/mol. The van der Waals surface area contributed by atoms with E-state index in [2.05, 4.69) is 5.32 Å². The van der Waals surface area contributed by atoms with Crippen molar-refractivity contribution in [2.75, 3.05) is 0 Å². The van der Waals surface area contributed by atoms with Gasteiger partial charge < -0.3 is 10.1 Å². The van der Waals surface area contributed by atoms with Crippen LogP contribution in [0.5, 0.6) is 0 Å². The van der Waals surface area contributed by atoms with Gasteiger partial charge in [0, 0.05) is 12.5 Å². The molecule has 0 aromatic heterocycles. The third-order valence-corrected chi connectivity index (χ3v) is 2.22. The molecular formula is C7H11NO2. The SMILES string of the molecule is O=C1NC2CCCC(C2)O1. The maximum absolute atomic E-state index is 10.7. The van der Waals surface area contributed by atoms with Crippen LogP contribution in [0.2, 0.25) is 0 Å². The lowest BCUT2D eigenvalue weighted by Gasteiger charge is -2.34. The number of rotatable bonds is 0. The number of hydrogen-bond acceptors (Lipinski definition) is 2. The quantitative estimate of drug-likeness (QED) is 0.547. The molecule has 1 saturated carbocycles. The molecule has 1 heterocycles. The minimum atomic E-state index is -0.221. The average Bonchev–Trinajstić information content (AvgIpc) is 1.85. The van der Waals surface area contributed by atoms with Crippen LogP contribution in [0.3, 0.4) is 0 Å². The Kier molecular flexibility index (Phi) is 1.29. The molecule has 1 N–H and O–H groups in total. The Morgan fingerprint density at radius 1 is 1.50 bits per heavy atom. The molecule has 1 saturated heterocycles. The first-order valence-corrected chi connectivity index (χ1v) is 3.82. The molecule has 3 heteroatoms. The second kappa shape index (κ2) is 2.15. The first-order valence-electron chi connectivity index (χ1n) is 3.82. The number of alkyl carbamates (subject to hydrolysis) is 1. The topological polar surface area (TPSA) is 38.3 Å². The second-order valence-corrected chi connectivity index (χ2v) is 3.04. The van der Waals surface area contributed by atoms with Crippen molar-refractivity contribution in [2.45, 2.75) is 37.8 Å². The summed E-state index contributed by atoms with van der Waals surface area (Å²) >= 11 is 0. The van der Waals surface area contributed by atoms with E-state index >= 15 is 0 Å². The van der Waals surface area contributed by atoms with Gasteiger partial charge in [0.1, 0.15) is 6.10 Å². The van der Waals surface area contributed by atoms with Gasteiger partial charge in [0.15, 0.2) is 0 Å². The van der Waals surface area contributed by atoms with Crippen molar-refractivity contribution in [3.8, 4) is 0 Å². The number of amides is 1. The van der Waals surface area contributed by atoms with Crippen LogP contribution < -0.4 is 5.32 Å². The highest BCUT2D eigenvalue weighted by atomic mass is 16.6. The molecule has 0 radical (unpaired) electrons. The molecule has 2 fully saturated rings. The average molecular weight is 141 g/mol. The Morgan fingerprint density at radius 2 is 2.40 bits per heavy atom. The Balaban J connectivity index is 2.05. The Bertz CT molecular complexity index is 144. The number of nitrogens with one attached hydrogen (secondary N) is 1. The molecule has 1 amide bonds.